The first kappa shape index (κ1) is 20.9. The van der Waals surface area contributed by atoms with Crippen molar-refractivity contribution in [1.82, 2.24) is 0 Å². The molecule has 3 rings (SSSR count). The number of ether oxygens (including phenoxy) is 1. The van der Waals surface area contributed by atoms with Gasteiger partial charge in [-0.3, -0.25) is 9.59 Å². The lowest BCUT2D eigenvalue weighted by atomic mass is 9.97. The van der Waals surface area contributed by atoms with Crippen LogP contribution in [-0.2, 0) is 9.59 Å². The number of carbonyl (C=O) groups excluding carboxylic acids is 2. The quantitative estimate of drug-likeness (QED) is 0.202. The average Bonchev–Trinajstić information content (AvgIpc) is 2.78. The lowest BCUT2D eigenvalue weighted by Crippen LogP contribution is -2.28. The second-order valence-electron chi connectivity index (χ2n) is 6.65. The Balaban J connectivity index is 1.84. The van der Waals surface area contributed by atoms with Crippen LogP contribution < -0.4 is 9.64 Å². The molecule has 0 saturated heterocycles. The molecule has 0 bridgehead atoms. The maximum atomic E-state index is 12.7. The highest BCUT2D eigenvalue weighted by Crippen LogP contribution is 2.33. The standard InChI is InChI=1S/C23H22N4O3/c1-3-27(4-2)19-11-8-17-13-20(23(15-28)30-22(17)14-19)21(29)12-7-16-5-9-18(10-6-16)25-26-24/h5-15,23H,3-4H2,1-2H3. The minimum Gasteiger partial charge on any atom is -0.477 e. The summed E-state index contributed by atoms with van der Waals surface area (Å²) in [5, 5.41) is 3.51. The Morgan fingerprint density at radius 2 is 1.93 bits per heavy atom. The SMILES string of the molecule is CCN(CC)c1ccc2c(c1)OC(C=O)C(C(=O)C=Cc1ccc(N=[N+]=[N-])cc1)=C2. The smallest absolute Gasteiger partial charge is 0.186 e. The lowest BCUT2D eigenvalue weighted by molar-refractivity contribution is -0.117. The number of hydrogen-bond acceptors (Lipinski definition) is 5. The summed E-state index contributed by atoms with van der Waals surface area (Å²) in [6.07, 6.45) is 4.45. The van der Waals surface area contributed by atoms with E-state index in [1.54, 1.807) is 36.4 Å². The fourth-order valence-corrected chi connectivity index (χ4v) is 3.26. The average molecular weight is 402 g/mol. The van der Waals surface area contributed by atoms with E-state index in [1.165, 1.54) is 6.08 Å². The van der Waals surface area contributed by atoms with Crippen LogP contribution in [0.25, 0.3) is 22.6 Å². The van der Waals surface area contributed by atoms with Crippen molar-refractivity contribution in [3.8, 4) is 5.75 Å². The maximum absolute atomic E-state index is 12.7. The van der Waals surface area contributed by atoms with Crippen LogP contribution in [0.2, 0.25) is 0 Å². The van der Waals surface area contributed by atoms with E-state index in [2.05, 4.69) is 28.8 Å². The Morgan fingerprint density at radius 3 is 2.57 bits per heavy atom. The molecule has 152 valence electrons. The summed E-state index contributed by atoms with van der Waals surface area (Å²) < 4.78 is 5.83. The van der Waals surface area contributed by atoms with Gasteiger partial charge in [-0.25, -0.2) is 0 Å². The summed E-state index contributed by atoms with van der Waals surface area (Å²) in [4.78, 5) is 29.2. The number of aldehydes is 1. The van der Waals surface area contributed by atoms with Crippen molar-refractivity contribution in [2.45, 2.75) is 20.0 Å². The normalized spacial score (nSPS) is 14.9. The highest BCUT2D eigenvalue weighted by molar-refractivity contribution is 6.12. The molecule has 0 N–H and O–H groups in total. The van der Waals surface area contributed by atoms with E-state index < -0.39 is 6.10 Å². The van der Waals surface area contributed by atoms with Crippen molar-refractivity contribution >= 4 is 35.6 Å². The number of ketones is 1. The van der Waals surface area contributed by atoms with Gasteiger partial charge in [0.15, 0.2) is 18.2 Å². The van der Waals surface area contributed by atoms with Crippen molar-refractivity contribution in [2.24, 2.45) is 5.11 Å². The van der Waals surface area contributed by atoms with Gasteiger partial charge in [-0.15, -0.1) is 0 Å². The Labute approximate surface area is 174 Å². The van der Waals surface area contributed by atoms with Crippen LogP contribution in [0.1, 0.15) is 25.0 Å². The molecular weight excluding hydrogens is 380 g/mol. The first-order valence-electron chi connectivity index (χ1n) is 9.69. The van der Waals surface area contributed by atoms with Gasteiger partial charge in [-0.2, -0.15) is 0 Å². The van der Waals surface area contributed by atoms with E-state index in [0.717, 1.165) is 29.9 Å². The zero-order chi connectivity index (χ0) is 21.5. The highest BCUT2D eigenvalue weighted by atomic mass is 16.5. The maximum Gasteiger partial charge on any atom is 0.186 e. The Bertz CT molecular complexity index is 1050. The number of benzene rings is 2. The highest BCUT2D eigenvalue weighted by Gasteiger charge is 2.26. The van der Waals surface area contributed by atoms with E-state index in [4.69, 9.17) is 10.3 Å². The molecule has 1 aliphatic heterocycles. The summed E-state index contributed by atoms with van der Waals surface area (Å²) in [6, 6.07) is 12.6. The fourth-order valence-electron chi connectivity index (χ4n) is 3.26. The number of carbonyl (C=O) groups is 2. The largest absolute Gasteiger partial charge is 0.477 e. The van der Waals surface area contributed by atoms with Gasteiger partial charge < -0.3 is 9.64 Å². The lowest BCUT2D eigenvalue weighted by Gasteiger charge is -2.26. The van der Waals surface area contributed by atoms with Gasteiger partial charge in [-0.05, 0) is 49.2 Å². The predicted molar refractivity (Wildman–Crippen MR) is 118 cm³/mol. The summed E-state index contributed by atoms with van der Waals surface area (Å²) in [5.41, 5.74) is 11.8. The molecule has 2 aromatic rings. The number of anilines is 1. The van der Waals surface area contributed by atoms with E-state index in [0.29, 0.717) is 17.7 Å². The first-order valence-corrected chi connectivity index (χ1v) is 9.69. The van der Waals surface area contributed by atoms with Crippen LogP contribution in [0.15, 0.2) is 59.2 Å². The molecule has 0 radical (unpaired) electrons. The molecule has 1 atom stereocenters. The van der Waals surface area contributed by atoms with Crippen LogP contribution in [0.3, 0.4) is 0 Å². The first-order chi connectivity index (χ1) is 14.6. The third-order valence-corrected chi connectivity index (χ3v) is 4.89. The molecule has 7 heteroatoms. The van der Waals surface area contributed by atoms with Crippen LogP contribution in [0.5, 0.6) is 5.75 Å². The molecule has 2 aromatic carbocycles. The number of azide groups is 1. The molecule has 1 heterocycles. The third-order valence-electron chi connectivity index (χ3n) is 4.89. The molecule has 7 nitrogen and oxygen atoms in total. The van der Waals surface area contributed by atoms with E-state index >= 15 is 0 Å². The molecule has 0 spiro atoms. The summed E-state index contributed by atoms with van der Waals surface area (Å²) >= 11 is 0. The molecule has 0 saturated carbocycles. The summed E-state index contributed by atoms with van der Waals surface area (Å²) in [5.74, 6) is 0.287. The second kappa shape index (κ2) is 9.58. The van der Waals surface area contributed by atoms with Crippen molar-refractivity contribution in [3.63, 3.8) is 0 Å². The molecule has 1 aliphatic rings. The number of hydrogen-bond donors (Lipinski definition) is 0. The van der Waals surface area contributed by atoms with Gasteiger partial charge >= 0.3 is 0 Å². The fraction of sp³-hybridized carbons (Fsp3) is 0.217. The van der Waals surface area contributed by atoms with Crippen molar-refractivity contribution in [2.75, 3.05) is 18.0 Å². The number of allylic oxidation sites excluding steroid dienone is 1. The zero-order valence-corrected chi connectivity index (χ0v) is 16.9. The molecule has 0 aromatic heterocycles. The summed E-state index contributed by atoms with van der Waals surface area (Å²) in [7, 11) is 0. The van der Waals surface area contributed by atoms with Gasteiger partial charge in [0, 0.05) is 46.6 Å². The van der Waals surface area contributed by atoms with Gasteiger partial charge in [-0.1, -0.05) is 35.5 Å². The zero-order valence-electron chi connectivity index (χ0n) is 16.9. The van der Waals surface area contributed by atoms with E-state index in [-0.39, 0.29) is 11.4 Å². The van der Waals surface area contributed by atoms with Gasteiger partial charge in [0.1, 0.15) is 5.75 Å². The van der Waals surface area contributed by atoms with Crippen LogP contribution in [-0.4, -0.2) is 31.3 Å². The second-order valence-corrected chi connectivity index (χ2v) is 6.65. The molecule has 1 unspecified atom stereocenters. The predicted octanol–water partition coefficient (Wildman–Crippen LogP) is 5.10. The van der Waals surface area contributed by atoms with Crippen LogP contribution in [0.4, 0.5) is 11.4 Å². The van der Waals surface area contributed by atoms with Crippen molar-refractivity contribution in [3.05, 3.63) is 75.7 Å². The molecular formula is C23H22N4O3. The van der Waals surface area contributed by atoms with Gasteiger partial charge in [0.25, 0.3) is 0 Å². The Morgan fingerprint density at radius 1 is 1.20 bits per heavy atom. The van der Waals surface area contributed by atoms with Crippen LogP contribution >= 0.6 is 0 Å². The Kier molecular flexibility index (Phi) is 6.67. The van der Waals surface area contributed by atoms with Gasteiger partial charge in [0.05, 0.1) is 0 Å². The molecule has 0 fully saturated rings. The van der Waals surface area contributed by atoms with Gasteiger partial charge in [0.2, 0.25) is 0 Å². The molecule has 0 amide bonds. The van der Waals surface area contributed by atoms with Crippen LogP contribution in [0, 0.1) is 0 Å². The number of rotatable bonds is 8. The third kappa shape index (κ3) is 4.59. The minimum absolute atomic E-state index is 0.287. The minimum atomic E-state index is -0.950. The topological polar surface area (TPSA) is 95.4 Å². The van der Waals surface area contributed by atoms with E-state index in [9.17, 15) is 9.59 Å². The van der Waals surface area contributed by atoms with E-state index in [1.807, 2.05) is 18.2 Å². The molecule has 0 aliphatic carbocycles. The van der Waals surface area contributed by atoms with Crippen molar-refractivity contribution < 1.29 is 14.3 Å². The summed E-state index contributed by atoms with van der Waals surface area (Å²) in [6.45, 7) is 5.87. The number of fused-ring (bicyclic) bond motifs is 1. The Hall–Kier alpha value is -3.83. The monoisotopic (exact) mass is 402 g/mol. The number of nitrogens with zero attached hydrogens (tertiary/aromatic N) is 4. The van der Waals surface area contributed by atoms with Crippen molar-refractivity contribution in [1.29, 1.82) is 0 Å². The molecule has 30 heavy (non-hydrogen) atoms.